The lowest BCUT2D eigenvalue weighted by Crippen LogP contribution is -2.18. The molecule has 0 fully saturated rings. The Morgan fingerprint density at radius 1 is 0.789 bits per heavy atom. The Kier molecular flexibility index (Phi) is 13.5. The van der Waals surface area contributed by atoms with Gasteiger partial charge in [0.2, 0.25) is 0 Å². The standard InChI is InChI=1S/C17H34O2/c1-4-7-9-10-11-12-15-17(18)19-16(13-6-3)14-8-5-2/h16H,4-15H2,1-3H3. The summed E-state index contributed by atoms with van der Waals surface area (Å²) in [6, 6.07) is 0. The molecule has 0 amide bonds. The molecule has 0 heterocycles. The first-order chi connectivity index (χ1) is 9.24. The quantitative estimate of drug-likeness (QED) is 0.320. The summed E-state index contributed by atoms with van der Waals surface area (Å²) >= 11 is 0. The van der Waals surface area contributed by atoms with E-state index in [1.807, 2.05) is 0 Å². The minimum atomic E-state index is 0.0186. The van der Waals surface area contributed by atoms with E-state index in [1.165, 1.54) is 38.5 Å². The van der Waals surface area contributed by atoms with Gasteiger partial charge >= 0.3 is 5.97 Å². The molecular weight excluding hydrogens is 236 g/mol. The lowest BCUT2D eigenvalue weighted by molar-refractivity contribution is -0.150. The number of unbranched alkanes of at least 4 members (excludes halogenated alkanes) is 6. The lowest BCUT2D eigenvalue weighted by atomic mass is 10.1. The maximum absolute atomic E-state index is 11.8. The average molecular weight is 270 g/mol. The van der Waals surface area contributed by atoms with Crippen LogP contribution in [0.4, 0.5) is 0 Å². The third kappa shape index (κ3) is 12.3. The normalized spacial score (nSPS) is 12.4. The highest BCUT2D eigenvalue weighted by molar-refractivity contribution is 5.69. The number of carbonyl (C=O) groups excluding carboxylic acids is 1. The Hall–Kier alpha value is -0.530. The van der Waals surface area contributed by atoms with Crippen molar-refractivity contribution in [2.45, 2.75) is 104 Å². The molecule has 0 spiro atoms. The highest BCUT2D eigenvalue weighted by Crippen LogP contribution is 2.13. The van der Waals surface area contributed by atoms with Crippen molar-refractivity contribution in [3.8, 4) is 0 Å². The van der Waals surface area contributed by atoms with Crippen LogP contribution in [0.1, 0.15) is 97.8 Å². The van der Waals surface area contributed by atoms with Gasteiger partial charge in [0.1, 0.15) is 6.10 Å². The third-order valence-corrected chi connectivity index (χ3v) is 3.52. The van der Waals surface area contributed by atoms with Crippen molar-refractivity contribution in [2.75, 3.05) is 0 Å². The molecule has 2 nitrogen and oxygen atoms in total. The van der Waals surface area contributed by atoms with Crippen LogP contribution in [0.25, 0.3) is 0 Å². The molecule has 0 aromatic heterocycles. The van der Waals surface area contributed by atoms with Gasteiger partial charge in [0.15, 0.2) is 0 Å². The maximum atomic E-state index is 11.8. The van der Waals surface area contributed by atoms with Gasteiger partial charge in [-0.05, 0) is 19.3 Å². The van der Waals surface area contributed by atoms with E-state index in [-0.39, 0.29) is 12.1 Å². The van der Waals surface area contributed by atoms with Crippen molar-refractivity contribution in [3.63, 3.8) is 0 Å². The van der Waals surface area contributed by atoms with Crippen LogP contribution in [0.2, 0.25) is 0 Å². The maximum Gasteiger partial charge on any atom is 0.306 e. The summed E-state index contributed by atoms with van der Waals surface area (Å²) in [4.78, 5) is 11.8. The van der Waals surface area contributed by atoms with Gasteiger partial charge in [-0.3, -0.25) is 4.79 Å². The van der Waals surface area contributed by atoms with Crippen LogP contribution >= 0.6 is 0 Å². The molecule has 0 saturated carbocycles. The van der Waals surface area contributed by atoms with Gasteiger partial charge in [-0.2, -0.15) is 0 Å². The van der Waals surface area contributed by atoms with E-state index in [0.29, 0.717) is 6.42 Å². The van der Waals surface area contributed by atoms with E-state index in [0.717, 1.165) is 32.1 Å². The van der Waals surface area contributed by atoms with Crippen LogP contribution in [0.5, 0.6) is 0 Å². The molecule has 0 rings (SSSR count). The summed E-state index contributed by atoms with van der Waals surface area (Å²) < 4.78 is 5.58. The topological polar surface area (TPSA) is 26.3 Å². The van der Waals surface area contributed by atoms with Crippen molar-refractivity contribution in [3.05, 3.63) is 0 Å². The smallest absolute Gasteiger partial charge is 0.306 e. The first kappa shape index (κ1) is 18.5. The summed E-state index contributed by atoms with van der Waals surface area (Å²) in [6.45, 7) is 6.56. The molecule has 114 valence electrons. The van der Waals surface area contributed by atoms with Crippen molar-refractivity contribution >= 4 is 5.97 Å². The fourth-order valence-corrected chi connectivity index (χ4v) is 2.31. The number of hydrogen-bond donors (Lipinski definition) is 0. The van der Waals surface area contributed by atoms with Gasteiger partial charge in [-0.15, -0.1) is 0 Å². The second-order valence-electron chi connectivity index (χ2n) is 5.56. The number of ether oxygens (including phenoxy) is 1. The summed E-state index contributed by atoms with van der Waals surface area (Å²) in [6.07, 6.45) is 13.6. The van der Waals surface area contributed by atoms with Crippen molar-refractivity contribution in [2.24, 2.45) is 0 Å². The fraction of sp³-hybridized carbons (Fsp3) is 0.941. The second-order valence-corrected chi connectivity index (χ2v) is 5.56. The lowest BCUT2D eigenvalue weighted by Gasteiger charge is -2.17. The Balaban J connectivity index is 3.62. The van der Waals surface area contributed by atoms with Crippen LogP contribution in [-0.4, -0.2) is 12.1 Å². The Bertz CT molecular complexity index is 201. The second kappa shape index (κ2) is 13.9. The van der Waals surface area contributed by atoms with Crippen molar-refractivity contribution in [1.82, 2.24) is 0 Å². The number of carbonyl (C=O) groups is 1. The molecule has 0 aliphatic carbocycles. The van der Waals surface area contributed by atoms with Crippen LogP contribution in [0.15, 0.2) is 0 Å². The molecule has 0 N–H and O–H groups in total. The minimum absolute atomic E-state index is 0.0186. The van der Waals surface area contributed by atoms with E-state index in [1.54, 1.807) is 0 Å². The molecule has 0 radical (unpaired) electrons. The molecule has 0 aromatic rings. The Labute approximate surface area is 120 Å². The number of hydrogen-bond acceptors (Lipinski definition) is 2. The number of esters is 1. The van der Waals surface area contributed by atoms with E-state index in [4.69, 9.17) is 4.74 Å². The van der Waals surface area contributed by atoms with E-state index >= 15 is 0 Å². The summed E-state index contributed by atoms with van der Waals surface area (Å²) in [5.41, 5.74) is 0. The molecule has 2 heteroatoms. The van der Waals surface area contributed by atoms with E-state index in [9.17, 15) is 4.79 Å². The molecule has 0 bridgehead atoms. The first-order valence-electron chi connectivity index (χ1n) is 8.44. The minimum Gasteiger partial charge on any atom is -0.462 e. The third-order valence-electron chi connectivity index (χ3n) is 3.52. The van der Waals surface area contributed by atoms with Crippen molar-refractivity contribution in [1.29, 1.82) is 0 Å². The van der Waals surface area contributed by atoms with Gasteiger partial charge in [0, 0.05) is 6.42 Å². The van der Waals surface area contributed by atoms with Gasteiger partial charge in [0.25, 0.3) is 0 Å². The zero-order valence-electron chi connectivity index (χ0n) is 13.4. The molecular formula is C17H34O2. The highest BCUT2D eigenvalue weighted by Gasteiger charge is 2.12. The van der Waals surface area contributed by atoms with Gasteiger partial charge in [-0.1, -0.05) is 72.1 Å². The average Bonchev–Trinajstić information content (AvgIpc) is 2.40. The predicted octanol–water partition coefficient (Wildman–Crippen LogP) is 5.64. The van der Waals surface area contributed by atoms with Gasteiger partial charge in [-0.25, -0.2) is 0 Å². The molecule has 1 unspecified atom stereocenters. The summed E-state index contributed by atoms with van der Waals surface area (Å²) in [5, 5.41) is 0. The molecule has 0 aliphatic rings. The van der Waals surface area contributed by atoms with Gasteiger partial charge < -0.3 is 4.74 Å². The largest absolute Gasteiger partial charge is 0.462 e. The van der Waals surface area contributed by atoms with E-state index in [2.05, 4.69) is 20.8 Å². The van der Waals surface area contributed by atoms with Crippen LogP contribution < -0.4 is 0 Å². The SMILES string of the molecule is CCCCCCCCC(=O)OC(CCC)CCCC. The van der Waals surface area contributed by atoms with Crippen LogP contribution in [0, 0.1) is 0 Å². The predicted molar refractivity (Wildman–Crippen MR) is 82.3 cm³/mol. The first-order valence-corrected chi connectivity index (χ1v) is 8.44. The number of rotatable bonds is 13. The molecule has 1 atom stereocenters. The summed E-state index contributed by atoms with van der Waals surface area (Å²) in [7, 11) is 0. The molecule has 19 heavy (non-hydrogen) atoms. The zero-order chi connectivity index (χ0) is 14.3. The Morgan fingerprint density at radius 3 is 2.05 bits per heavy atom. The zero-order valence-corrected chi connectivity index (χ0v) is 13.4. The molecule has 0 aliphatic heterocycles. The van der Waals surface area contributed by atoms with Crippen molar-refractivity contribution < 1.29 is 9.53 Å². The highest BCUT2D eigenvalue weighted by atomic mass is 16.5. The monoisotopic (exact) mass is 270 g/mol. The molecule has 0 saturated heterocycles. The van der Waals surface area contributed by atoms with E-state index < -0.39 is 0 Å². The molecule has 0 aromatic carbocycles. The summed E-state index contributed by atoms with van der Waals surface area (Å²) in [5.74, 6) is 0.0186. The Morgan fingerprint density at radius 2 is 1.42 bits per heavy atom. The fourth-order valence-electron chi connectivity index (χ4n) is 2.31. The van der Waals surface area contributed by atoms with Crippen LogP contribution in [0.3, 0.4) is 0 Å². The van der Waals surface area contributed by atoms with Crippen LogP contribution in [-0.2, 0) is 9.53 Å². The van der Waals surface area contributed by atoms with Gasteiger partial charge in [0.05, 0.1) is 0 Å².